The summed E-state index contributed by atoms with van der Waals surface area (Å²) in [5, 5.41) is 2.89. The third kappa shape index (κ3) is 8.08. The van der Waals surface area contributed by atoms with E-state index in [-0.39, 0.29) is 23.3 Å². The van der Waals surface area contributed by atoms with E-state index in [0.717, 1.165) is 15.4 Å². The van der Waals surface area contributed by atoms with Crippen LogP contribution < -0.4 is 14.4 Å². The summed E-state index contributed by atoms with van der Waals surface area (Å²) >= 11 is 0. The quantitative estimate of drug-likeness (QED) is 0.322. The minimum absolute atomic E-state index is 0.0282. The number of para-hydroxylation sites is 1. The van der Waals surface area contributed by atoms with E-state index in [1.165, 1.54) is 17.0 Å². The molecule has 2 amide bonds. The molecule has 0 aliphatic rings. The van der Waals surface area contributed by atoms with Crippen molar-refractivity contribution >= 4 is 27.5 Å². The van der Waals surface area contributed by atoms with Crippen LogP contribution in [0.15, 0.2) is 83.8 Å². The number of amides is 2. The van der Waals surface area contributed by atoms with Crippen molar-refractivity contribution in [2.45, 2.75) is 52.1 Å². The largest absolute Gasteiger partial charge is 0.494 e. The molecule has 0 saturated carbocycles. The fraction of sp³-hybridized carbons (Fsp3) is 0.355. The van der Waals surface area contributed by atoms with Crippen LogP contribution in [0.5, 0.6) is 5.75 Å². The Morgan fingerprint density at radius 3 is 2.10 bits per heavy atom. The lowest BCUT2D eigenvalue weighted by atomic mass is 10.1. The molecular formula is C31H39N3O5S. The fourth-order valence-corrected chi connectivity index (χ4v) is 5.46. The van der Waals surface area contributed by atoms with Gasteiger partial charge in [-0.25, -0.2) is 8.42 Å². The lowest BCUT2D eigenvalue weighted by molar-refractivity contribution is -0.139. The van der Waals surface area contributed by atoms with E-state index in [4.69, 9.17) is 4.74 Å². The van der Waals surface area contributed by atoms with Crippen LogP contribution in [-0.4, -0.2) is 50.9 Å². The Bertz CT molecular complexity index is 1360. The van der Waals surface area contributed by atoms with Gasteiger partial charge < -0.3 is 15.0 Å². The lowest BCUT2D eigenvalue weighted by Crippen LogP contribution is -2.51. The predicted octanol–water partition coefficient (Wildman–Crippen LogP) is 4.78. The number of nitrogens with one attached hydrogen (secondary N) is 1. The Kier molecular flexibility index (Phi) is 10.7. The summed E-state index contributed by atoms with van der Waals surface area (Å²) in [4.78, 5) is 28.4. The molecule has 0 aliphatic carbocycles. The molecule has 214 valence electrons. The van der Waals surface area contributed by atoms with Crippen molar-refractivity contribution in [3.05, 3.63) is 90.0 Å². The van der Waals surface area contributed by atoms with Gasteiger partial charge in [-0.1, -0.05) is 61.9 Å². The first kappa shape index (κ1) is 30.7. The van der Waals surface area contributed by atoms with Crippen LogP contribution in [0.1, 0.15) is 38.8 Å². The first-order chi connectivity index (χ1) is 19.0. The third-order valence-corrected chi connectivity index (χ3v) is 8.16. The number of hydrogen-bond donors (Lipinski definition) is 1. The lowest BCUT2D eigenvalue weighted by Gasteiger charge is -2.32. The topological polar surface area (TPSA) is 96.0 Å². The van der Waals surface area contributed by atoms with Gasteiger partial charge in [-0.05, 0) is 68.7 Å². The van der Waals surface area contributed by atoms with Crippen molar-refractivity contribution in [3.8, 4) is 5.75 Å². The van der Waals surface area contributed by atoms with E-state index in [9.17, 15) is 18.0 Å². The summed E-state index contributed by atoms with van der Waals surface area (Å²) in [6.45, 7) is 10.1. The van der Waals surface area contributed by atoms with Gasteiger partial charge in [0.2, 0.25) is 11.8 Å². The van der Waals surface area contributed by atoms with Crippen LogP contribution in [0.2, 0.25) is 0 Å². The number of nitrogens with zero attached hydrogens (tertiary/aromatic N) is 2. The van der Waals surface area contributed by atoms with Crippen LogP contribution in [0, 0.1) is 12.8 Å². The molecule has 0 aromatic heterocycles. The Morgan fingerprint density at radius 1 is 0.900 bits per heavy atom. The third-order valence-electron chi connectivity index (χ3n) is 6.37. The highest BCUT2D eigenvalue weighted by Crippen LogP contribution is 2.26. The average Bonchev–Trinajstić information content (AvgIpc) is 2.94. The van der Waals surface area contributed by atoms with Gasteiger partial charge in [-0.15, -0.1) is 0 Å². The Balaban J connectivity index is 1.97. The summed E-state index contributed by atoms with van der Waals surface area (Å²) in [5.74, 6) is 0.000421. The second kappa shape index (κ2) is 14.0. The summed E-state index contributed by atoms with van der Waals surface area (Å²) in [7, 11) is -4.13. The molecule has 0 aliphatic heterocycles. The average molecular weight is 566 g/mol. The number of aryl methyl sites for hydroxylation is 1. The summed E-state index contributed by atoms with van der Waals surface area (Å²) in [6, 6.07) is 21.5. The van der Waals surface area contributed by atoms with Crippen LogP contribution in [0.4, 0.5) is 5.69 Å². The van der Waals surface area contributed by atoms with Gasteiger partial charge in [0.05, 0.1) is 17.2 Å². The number of sulfonamides is 1. The second-order valence-electron chi connectivity index (χ2n) is 10.1. The second-order valence-corrected chi connectivity index (χ2v) is 11.9. The first-order valence-electron chi connectivity index (χ1n) is 13.5. The molecule has 0 fully saturated rings. The van der Waals surface area contributed by atoms with E-state index in [1.54, 1.807) is 49.4 Å². The molecule has 9 heteroatoms. The van der Waals surface area contributed by atoms with Crippen molar-refractivity contribution in [2.24, 2.45) is 5.92 Å². The number of anilines is 1. The highest BCUT2D eigenvalue weighted by Gasteiger charge is 2.32. The van der Waals surface area contributed by atoms with Gasteiger partial charge in [0.15, 0.2) is 0 Å². The molecule has 0 saturated heterocycles. The van der Waals surface area contributed by atoms with Gasteiger partial charge in [0.25, 0.3) is 10.0 Å². The standard InChI is InChI=1S/C31H39N3O5S/c1-6-39-28-16-18-29(19-17-28)40(37,38)34(27-10-8-7-9-11-27)22-30(35)33(21-26-14-12-24(4)13-15-26)25(5)31(36)32-20-23(2)3/h7-19,23,25H,6,20-22H2,1-5H3,(H,32,36)/t25-/m0/s1. The summed E-state index contributed by atoms with van der Waals surface area (Å²) in [5.41, 5.74) is 2.25. The van der Waals surface area contributed by atoms with Gasteiger partial charge in [0.1, 0.15) is 18.3 Å². The number of carbonyl (C=O) groups excluding carboxylic acids is 2. The number of carbonyl (C=O) groups is 2. The number of benzene rings is 3. The molecule has 1 N–H and O–H groups in total. The van der Waals surface area contributed by atoms with E-state index < -0.39 is 28.5 Å². The number of rotatable bonds is 13. The van der Waals surface area contributed by atoms with Crippen molar-refractivity contribution in [3.63, 3.8) is 0 Å². The summed E-state index contributed by atoms with van der Waals surface area (Å²) in [6.07, 6.45) is 0. The molecule has 0 unspecified atom stereocenters. The minimum Gasteiger partial charge on any atom is -0.494 e. The number of hydrogen-bond acceptors (Lipinski definition) is 5. The van der Waals surface area contributed by atoms with E-state index in [1.807, 2.05) is 52.0 Å². The van der Waals surface area contributed by atoms with Crippen molar-refractivity contribution < 1.29 is 22.7 Å². The van der Waals surface area contributed by atoms with Crippen LogP contribution in [-0.2, 0) is 26.2 Å². The molecule has 0 heterocycles. The SMILES string of the molecule is CCOc1ccc(S(=O)(=O)N(CC(=O)N(Cc2ccc(C)cc2)[C@@H](C)C(=O)NCC(C)C)c2ccccc2)cc1. The Labute approximate surface area is 238 Å². The van der Waals surface area contributed by atoms with Crippen molar-refractivity contribution in [1.29, 1.82) is 0 Å². The van der Waals surface area contributed by atoms with Crippen molar-refractivity contribution in [1.82, 2.24) is 10.2 Å². The maximum atomic E-state index is 13.9. The molecule has 3 aromatic carbocycles. The molecule has 3 aromatic rings. The predicted molar refractivity (Wildman–Crippen MR) is 158 cm³/mol. The maximum absolute atomic E-state index is 13.9. The first-order valence-corrected chi connectivity index (χ1v) is 14.9. The van der Waals surface area contributed by atoms with Gasteiger partial charge in [-0.2, -0.15) is 0 Å². The van der Waals surface area contributed by atoms with Crippen LogP contribution in [0.3, 0.4) is 0 Å². The van der Waals surface area contributed by atoms with Gasteiger partial charge >= 0.3 is 0 Å². The van der Waals surface area contributed by atoms with Crippen molar-refractivity contribution in [2.75, 3.05) is 24.0 Å². The monoisotopic (exact) mass is 565 g/mol. The molecule has 8 nitrogen and oxygen atoms in total. The molecule has 40 heavy (non-hydrogen) atoms. The maximum Gasteiger partial charge on any atom is 0.264 e. The smallest absolute Gasteiger partial charge is 0.264 e. The number of ether oxygens (including phenoxy) is 1. The molecule has 3 rings (SSSR count). The van der Waals surface area contributed by atoms with Crippen LogP contribution >= 0.6 is 0 Å². The zero-order chi connectivity index (χ0) is 29.3. The van der Waals surface area contributed by atoms with E-state index >= 15 is 0 Å². The zero-order valence-corrected chi connectivity index (χ0v) is 24.6. The van der Waals surface area contributed by atoms with Crippen LogP contribution in [0.25, 0.3) is 0 Å². The Morgan fingerprint density at radius 2 is 1.52 bits per heavy atom. The zero-order valence-electron chi connectivity index (χ0n) is 23.8. The fourth-order valence-electron chi connectivity index (χ4n) is 4.05. The van der Waals surface area contributed by atoms with E-state index in [0.29, 0.717) is 24.6 Å². The highest BCUT2D eigenvalue weighted by molar-refractivity contribution is 7.92. The minimum atomic E-state index is -4.13. The van der Waals surface area contributed by atoms with E-state index in [2.05, 4.69) is 5.32 Å². The highest BCUT2D eigenvalue weighted by atomic mass is 32.2. The molecule has 0 spiro atoms. The van der Waals surface area contributed by atoms with Gasteiger partial charge in [0, 0.05) is 13.1 Å². The normalized spacial score (nSPS) is 12.1. The molecule has 0 radical (unpaired) electrons. The molecule has 1 atom stereocenters. The molecular weight excluding hydrogens is 526 g/mol. The molecule has 0 bridgehead atoms. The van der Waals surface area contributed by atoms with Gasteiger partial charge in [-0.3, -0.25) is 13.9 Å². The summed E-state index contributed by atoms with van der Waals surface area (Å²) < 4.78 is 34.3. The Hall–Kier alpha value is -3.85.